The quantitative estimate of drug-likeness (QED) is 0.513. The number of nitrogens with one attached hydrogen (secondary N) is 1. The summed E-state index contributed by atoms with van der Waals surface area (Å²) in [5.74, 6) is 2.56. The molecule has 3 aromatic rings. The molecule has 3 heteroatoms. The minimum Gasteiger partial charge on any atom is -0.457 e. The predicted molar refractivity (Wildman–Crippen MR) is 123 cm³/mol. The molecule has 0 radical (unpaired) electrons. The SMILES string of the molecule is c1ccc(CN2CCC3(CC2)CC3CNc2ccc(Oc3ccccc3)cc2)cc1. The third-order valence-electron chi connectivity index (χ3n) is 6.85. The topological polar surface area (TPSA) is 24.5 Å². The second-order valence-electron chi connectivity index (χ2n) is 8.85. The van der Waals surface area contributed by atoms with Crippen molar-refractivity contribution >= 4 is 5.69 Å². The molecule has 154 valence electrons. The first-order valence-electron chi connectivity index (χ1n) is 11.1. The third kappa shape index (κ3) is 4.52. The van der Waals surface area contributed by atoms with E-state index in [1.165, 1.54) is 43.6 Å². The van der Waals surface area contributed by atoms with Crippen LogP contribution in [0.25, 0.3) is 0 Å². The fourth-order valence-corrected chi connectivity index (χ4v) is 4.84. The molecule has 3 nitrogen and oxygen atoms in total. The lowest BCUT2D eigenvalue weighted by atomic mass is 9.90. The van der Waals surface area contributed by atoms with Crippen LogP contribution in [0, 0.1) is 11.3 Å². The second kappa shape index (κ2) is 8.53. The fraction of sp³-hybridized carbons (Fsp3) is 0.333. The summed E-state index contributed by atoms with van der Waals surface area (Å²) in [6.45, 7) is 4.64. The number of anilines is 1. The van der Waals surface area contributed by atoms with Crippen molar-refractivity contribution in [2.24, 2.45) is 11.3 Å². The zero-order chi connectivity index (χ0) is 20.2. The van der Waals surface area contributed by atoms with Gasteiger partial charge in [0.05, 0.1) is 0 Å². The highest BCUT2D eigenvalue weighted by molar-refractivity contribution is 5.47. The van der Waals surface area contributed by atoms with Crippen LogP contribution in [0.1, 0.15) is 24.8 Å². The monoisotopic (exact) mass is 398 g/mol. The Morgan fingerprint density at radius 1 is 0.800 bits per heavy atom. The normalized spacial score (nSPS) is 20.1. The molecule has 1 atom stereocenters. The fourth-order valence-electron chi connectivity index (χ4n) is 4.84. The van der Waals surface area contributed by atoms with Crippen molar-refractivity contribution in [1.29, 1.82) is 0 Å². The van der Waals surface area contributed by atoms with E-state index in [9.17, 15) is 0 Å². The largest absolute Gasteiger partial charge is 0.457 e. The van der Waals surface area contributed by atoms with Crippen LogP contribution >= 0.6 is 0 Å². The van der Waals surface area contributed by atoms with Gasteiger partial charge in [0.25, 0.3) is 0 Å². The van der Waals surface area contributed by atoms with Crippen LogP contribution in [-0.2, 0) is 6.54 Å². The van der Waals surface area contributed by atoms with Crippen LogP contribution in [0.4, 0.5) is 5.69 Å². The Bertz CT molecular complexity index is 932. The minimum absolute atomic E-state index is 0.594. The van der Waals surface area contributed by atoms with E-state index in [0.717, 1.165) is 30.5 Å². The summed E-state index contributed by atoms with van der Waals surface area (Å²) >= 11 is 0. The predicted octanol–water partition coefficient (Wildman–Crippen LogP) is 6.19. The number of hydrogen-bond donors (Lipinski definition) is 1. The Labute approximate surface area is 179 Å². The molecule has 0 bridgehead atoms. The summed E-state index contributed by atoms with van der Waals surface area (Å²) in [5, 5.41) is 3.65. The molecule has 0 aromatic heterocycles. The molecule has 1 saturated carbocycles. The summed E-state index contributed by atoms with van der Waals surface area (Å²) in [7, 11) is 0. The maximum Gasteiger partial charge on any atom is 0.127 e. The molecule has 1 aliphatic heterocycles. The zero-order valence-corrected chi connectivity index (χ0v) is 17.5. The molecule has 1 unspecified atom stereocenters. The molecule has 1 spiro atoms. The van der Waals surface area contributed by atoms with Gasteiger partial charge in [-0.2, -0.15) is 0 Å². The number of para-hydroxylation sites is 1. The van der Waals surface area contributed by atoms with Gasteiger partial charge in [-0.1, -0.05) is 48.5 Å². The standard InChI is InChI=1S/C27H30N2O/c1-3-7-22(8-4-1)21-29-17-15-27(16-18-29)19-23(27)20-28-24-11-13-26(14-12-24)30-25-9-5-2-6-10-25/h1-14,23,28H,15-21H2. The van der Waals surface area contributed by atoms with E-state index in [1.54, 1.807) is 0 Å². The van der Waals surface area contributed by atoms with Gasteiger partial charge < -0.3 is 10.1 Å². The van der Waals surface area contributed by atoms with Gasteiger partial charge in [0, 0.05) is 18.8 Å². The van der Waals surface area contributed by atoms with E-state index in [0.29, 0.717) is 5.41 Å². The summed E-state index contributed by atoms with van der Waals surface area (Å²) in [5.41, 5.74) is 3.21. The van der Waals surface area contributed by atoms with Crippen molar-refractivity contribution in [3.8, 4) is 11.5 Å². The van der Waals surface area contributed by atoms with Gasteiger partial charge in [-0.3, -0.25) is 4.90 Å². The number of hydrogen-bond acceptors (Lipinski definition) is 3. The lowest BCUT2D eigenvalue weighted by Gasteiger charge is -2.33. The second-order valence-corrected chi connectivity index (χ2v) is 8.85. The number of ether oxygens (including phenoxy) is 1. The van der Waals surface area contributed by atoms with Crippen LogP contribution in [0.3, 0.4) is 0 Å². The third-order valence-corrected chi connectivity index (χ3v) is 6.85. The van der Waals surface area contributed by atoms with Crippen molar-refractivity contribution in [3.05, 3.63) is 90.5 Å². The zero-order valence-electron chi connectivity index (χ0n) is 17.5. The molecule has 2 aliphatic rings. The van der Waals surface area contributed by atoms with Crippen molar-refractivity contribution in [2.75, 3.05) is 25.0 Å². The Morgan fingerprint density at radius 3 is 2.13 bits per heavy atom. The molecule has 1 aliphatic carbocycles. The Hall–Kier alpha value is -2.78. The molecule has 3 aromatic carbocycles. The highest BCUT2D eigenvalue weighted by atomic mass is 16.5. The van der Waals surface area contributed by atoms with E-state index in [-0.39, 0.29) is 0 Å². The first-order chi connectivity index (χ1) is 14.8. The summed E-state index contributed by atoms with van der Waals surface area (Å²) in [6.07, 6.45) is 4.07. The lowest BCUT2D eigenvalue weighted by molar-refractivity contribution is 0.157. The summed E-state index contributed by atoms with van der Waals surface area (Å²) < 4.78 is 5.88. The molecule has 2 fully saturated rings. The summed E-state index contributed by atoms with van der Waals surface area (Å²) in [4.78, 5) is 2.62. The van der Waals surface area contributed by atoms with Crippen LogP contribution in [-0.4, -0.2) is 24.5 Å². The van der Waals surface area contributed by atoms with Gasteiger partial charge >= 0.3 is 0 Å². The molecule has 5 rings (SSSR count). The number of nitrogens with zero attached hydrogens (tertiary/aromatic N) is 1. The highest BCUT2D eigenvalue weighted by Crippen LogP contribution is 2.59. The van der Waals surface area contributed by atoms with E-state index in [4.69, 9.17) is 4.74 Å². The molecule has 0 amide bonds. The Kier molecular flexibility index (Phi) is 5.46. The lowest BCUT2D eigenvalue weighted by Crippen LogP contribution is -2.35. The first-order valence-corrected chi connectivity index (χ1v) is 11.1. The Balaban J connectivity index is 1.07. The van der Waals surface area contributed by atoms with Gasteiger partial charge in [0.15, 0.2) is 0 Å². The van der Waals surface area contributed by atoms with Crippen LogP contribution in [0.15, 0.2) is 84.9 Å². The highest BCUT2D eigenvalue weighted by Gasteiger charge is 2.54. The van der Waals surface area contributed by atoms with Crippen molar-refractivity contribution in [1.82, 2.24) is 4.90 Å². The van der Waals surface area contributed by atoms with E-state index in [2.05, 4.69) is 52.7 Å². The van der Waals surface area contributed by atoms with Gasteiger partial charge in [-0.05, 0) is 85.6 Å². The first kappa shape index (κ1) is 19.2. The average molecular weight is 399 g/mol. The van der Waals surface area contributed by atoms with Gasteiger partial charge in [0.1, 0.15) is 11.5 Å². The van der Waals surface area contributed by atoms with Crippen LogP contribution in [0.5, 0.6) is 11.5 Å². The Morgan fingerprint density at radius 2 is 1.43 bits per heavy atom. The number of likely N-dealkylation sites (tertiary alicyclic amines) is 1. The molecule has 30 heavy (non-hydrogen) atoms. The number of benzene rings is 3. The smallest absolute Gasteiger partial charge is 0.127 e. The maximum atomic E-state index is 5.88. The minimum atomic E-state index is 0.594. The molecular formula is C27H30N2O. The van der Waals surface area contributed by atoms with Crippen molar-refractivity contribution in [2.45, 2.75) is 25.8 Å². The van der Waals surface area contributed by atoms with Crippen molar-refractivity contribution < 1.29 is 4.74 Å². The number of rotatable bonds is 7. The van der Waals surface area contributed by atoms with Gasteiger partial charge in [-0.25, -0.2) is 0 Å². The van der Waals surface area contributed by atoms with Crippen LogP contribution in [0.2, 0.25) is 0 Å². The molecule has 1 saturated heterocycles. The maximum absolute atomic E-state index is 5.88. The molecule has 1 N–H and O–H groups in total. The number of piperidine rings is 1. The average Bonchev–Trinajstić information content (AvgIpc) is 3.48. The van der Waals surface area contributed by atoms with E-state index in [1.807, 2.05) is 42.5 Å². The molecular weight excluding hydrogens is 368 g/mol. The van der Waals surface area contributed by atoms with Gasteiger partial charge in [-0.15, -0.1) is 0 Å². The van der Waals surface area contributed by atoms with E-state index < -0.39 is 0 Å². The van der Waals surface area contributed by atoms with Gasteiger partial charge in [0.2, 0.25) is 0 Å². The van der Waals surface area contributed by atoms with E-state index >= 15 is 0 Å². The molecule has 1 heterocycles. The van der Waals surface area contributed by atoms with Crippen molar-refractivity contribution in [3.63, 3.8) is 0 Å². The van der Waals surface area contributed by atoms with Crippen LogP contribution < -0.4 is 10.1 Å². The summed E-state index contributed by atoms with van der Waals surface area (Å²) in [6, 6.07) is 29.1.